The molecule has 0 heterocycles. The Labute approximate surface area is 126 Å². The maximum absolute atomic E-state index is 12.6. The van der Waals surface area contributed by atoms with Gasteiger partial charge in [-0.15, -0.1) is 0 Å². The Morgan fingerprint density at radius 1 is 1.05 bits per heavy atom. The summed E-state index contributed by atoms with van der Waals surface area (Å²) in [5, 5.41) is 2.70. The highest BCUT2D eigenvalue weighted by molar-refractivity contribution is 9.10. The van der Waals surface area contributed by atoms with E-state index in [4.69, 9.17) is 0 Å². The second-order valence-electron chi connectivity index (χ2n) is 4.54. The zero-order valence-electron chi connectivity index (χ0n) is 11.2. The van der Waals surface area contributed by atoms with E-state index in [1.165, 1.54) is 6.92 Å². The molecule has 0 aliphatic carbocycles. The van der Waals surface area contributed by atoms with Crippen LogP contribution in [0.25, 0.3) is 0 Å². The predicted octanol–water partition coefficient (Wildman–Crippen LogP) is 3.95. The van der Waals surface area contributed by atoms with Gasteiger partial charge in [-0.05, 0) is 31.2 Å². The van der Waals surface area contributed by atoms with Gasteiger partial charge in [0.2, 0.25) is 5.91 Å². The highest BCUT2D eigenvalue weighted by Gasteiger charge is 2.16. The molecule has 0 saturated carbocycles. The number of nitrogens with one attached hydrogen (secondary N) is 1. The fourth-order valence-electron chi connectivity index (χ4n) is 1.94. The van der Waals surface area contributed by atoms with Crippen molar-refractivity contribution in [2.45, 2.75) is 13.8 Å². The Morgan fingerprint density at radius 3 is 2.40 bits per heavy atom. The molecule has 2 rings (SSSR count). The predicted molar refractivity (Wildman–Crippen MR) is 83.1 cm³/mol. The van der Waals surface area contributed by atoms with E-state index in [0.29, 0.717) is 16.8 Å². The molecule has 4 heteroatoms. The topological polar surface area (TPSA) is 46.2 Å². The fourth-order valence-corrected chi connectivity index (χ4v) is 2.40. The molecule has 1 N–H and O–H groups in total. The summed E-state index contributed by atoms with van der Waals surface area (Å²) in [7, 11) is 0. The van der Waals surface area contributed by atoms with Crippen LogP contribution < -0.4 is 5.32 Å². The van der Waals surface area contributed by atoms with Crippen molar-refractivity contribution in [1.82, 2.24) is 0 Å². The van der Waals surface area contributed by atoms with Gasteiger partial charge in [0, 0.05) is 22.5 Å². The summed E-state index contributed by atoms with van der Waals surface area (Å²) in [6.45, 7) is 3.33. The van der Waals surface area contributed by atoms with Gasteiger partial charge in [-0.3, -0.25) is 9.59 Å². The maximum Gasteiger partial charge on any atom is 0.221 e. The minimum atomic E-state index is -0.199. The molecule has 0 aliphatic rings. The molecule has 0 unspecified atom stereocenters. The summed E-state index contributed by atoms with van der Waals surface area (Å²) in [6, 6.07) is 12.6. The third-order valence-corrected chi connectivity index (χ3v) is 3.54. The molecule has 1 amide bonds. The molecule has 3 nitrogen and oxygen atoms in total. The van der Waals surface area contributed by atoms with Gasteiger partial charge < -0.3 is 5.32 Å². The first-order valence-electron chi connectivity index (χ1n) is 6.16. The zero-order chi connectivity index (χ0) is 14.7. The Balaban J connectivity index is 2.51. The normalized spacial score (nSPS) is 10.2. The van der Waals surface area contributed by atoms with Crippen LogP contribution in [0, 0.1) is 6.92 Å². The van der Waals surface area contributed by atoms with E-state index >= 15 is 0 Å². The molecule has 2 aromatic carbocycles. The summed E-state index contributed by atoms with van der Waals surface area (Å²) >= 11 is 3.38. The van der Waals surface area contributed by atoms with Crippen LogP contribution in [0.3, 0.4) is 0 Å². The number of halogens is 1. The molecule has 0 atom stereocenters. The fraction of sp³-hybridized carbons (Fsp3) is 0.125. The van der Waals surface area contributed by atoms with Crippen LogP contribution in [0.4, 0.5) is 5.69 Å². The number of hydrogen-bond acceptors (Lipinski definition) is 2. The van der Waals surface area contributed by atoms with Crippen LogP contribution >= 0.6 is 15.9 Å². The molecule has 0 saturated heterocycles. The molecule has 0 radical (unpaired) electrons. The van der Waals surface area contributed by atoms with Crippen LogP contribution in [0.5, 0.6) is 0 Å². The average Bonchev–Trinajstić information content (AvgIpc) is 2.40. The number of benzene rings is 2. The first-order valence-corrected chi connectivity index (χ1v) is 6.96. The lowest BCUT2D eigenvalue weighted by Gasteiger charge is -2.11. The third-order valence-electron chi connectivity index (χ3n) is 2.85. The summed E-state index contributed by atoms with van der Waals surface area (Å²) in [4.78, 5) is 23.9. The standard InChI is InChI=1S/C16H14BrNO2/c1-10-7-8-15(18-11(2)19)13(9-10)16(20)12-5-3-4-6-14(12)17/h3-9H,1-2H3,(H,18,19). The van der Waals surface area contributed by atoms with Crippen molar-refractivity contribution in [3.8, 4) is 0 Å². The number of aryl methyl sites for hydroxylation is 1. The number of hydrogen-bond donors (Lipinski definition) is 1. The van der Waals surface area contributed by atoms with Gasteiger partial charge in [0.1, 0.15) is 0 Å². The lowest BCUT2D eigenvalue weighted by molar-refractivity contribution is -0.114. The van der Waals surface area contributed by atoms with Crippen LogP contribution in [0.2, 0.25) is 0 Å². The van der Waals surface area contributed by atoms with Gasteiger partial charge in [-0.1, -0.05) is 39.7 Å². The second kappa shape index (κ2) is 6.01. The molecular weight excluding hydrogens is 318 g/mol. The van der Waals surface area contributed by atoms with Crippen molar-refractivity contribution in [2.75, 3.05) is 5.32 Å². The summed E-state index contributed by atoms with van der Waals surface area (Å²) in [5.74, 6) is -0.319. The molecule has 0 fully saturated rings. The van der Waals surface area contributed by atoms with Crippen LogP contribution in [0.1, 0.15) is 28.4 Å². The van der Waals surface area contributed by atoms with Gasteiger partial charge in [-0.2, -0.15) is 0 Å². The molecule has 0 spiro atoms. The average molecular weight is 332 g/mol. The van der Waals surface area contributed by atoms with E-state index in [2.05, 4.69) is 21.2 Å². The van der Waals surface area contributed by atoms with Crippen molar-refractivity contribution in [2.24, 2.45) is 0 Å². The molecule has 0 bridgehead atoms. The van der Waals surface area contributed by atoms with E-state index in [-0.39, 0.29) is 11.7 Å². The highest BCUT2D eigenvalue weighted by atomic mass is 79.9. The Morgan fingerprint density at radius 2 is 1.75 bits per heavy atom. The lowest BCUT2D eigenvalue weighted by Crippen LogP contribution is -2.12. The second-order valence-corrected chi connectivity index (χ2v) is 5.39. The number of anilines is 1. The smallest absolute Gasteiger partial charge is 0.221 e. The van der Waals surface area contributed by atoms with Crippen molar-refractivity contribution < 1.29 is 9.59 Å². The number of ketones is 1. The van der Waals surface area contributed by atoms with Gasteiger partial charge in [0.05, 0.1) is 5.69 Å². The van der Waals surface area contributed by atoms with E-state index in [9.17, 15) is 9.59 Å². The first kappa shape index (κ1) is 14.5. The van der Waals surface area contributed by atoms with Gasteiger partial charge in [-0.25, -0.2) is 0 Å². The van der Waals surface area contributed by atoms with Crippen molar-refractivity contribution in [3.05, 3.63) is 63.6 Å². The number of carbonyl (C=O) groups is 2. The zero-order valence-corrected chi connectivity index (χ0v) is 12.8. The molecule has 102 valence electrons. The molecular formula is C16H14BrNO2. The molecule has 0 aromatic heterocycles. The molecule has 0 aliphatic heterocycles. The van der Waals surface area contributed by atoms with Crippen molar-refractivity contribution in [3.63, 3.8) is 0 Å². The van der Waals surface area contributed by atoms with Gasteiger partial charge >= 0.3 is 0 Å². The lowest BCUT2D eigenvalue weighted by atomic mass is 9.99. The van der Waals surface area contributed by atoms with Crippen LogP contribution in [-0.2, 0) is 4.79 Å². The minimum Gasteiger partial charge on any atom is -0.326 e. The maximum atomic E-state index is 12.6. The van der Waals surface area contributed by atoms with E-state index in [0.717, 1.165) is 10.0 Å². The van der Waals surface area contributed by atoms with E-state index < -0.39 is 0 Å². The first-order chi connectivity index (χ1) is 9.49. The van der Waals surface area contributed by atoms with Crippen molar-refractivity contribution in [1.29, 1.82) is 0 Å². The number of carbonyl (C=O) groups excluding carboxylic acids is 2. The van der Waals surface area contributed by atoms with E-state index in [1.807, 2.05) is 31.2 Å². The number of amides is 1. The van der Waals surface area contributed by atoms with Crippen molar-refractivity contribution >= 4 is 33.3 Å². The largest absolute Gasteiger partial charge is 0.326 e. The Hall–Kier alpha value is -1.94. The molecule has 20 heavy (non-hydrogen) atoms. The van der Waals surface area contributed by atoms with E-state index in [1.54, 1.807) is 18.2 Å². The summed E-state index contributed by atoms with van der Waals surface area (Å²) in [6.07, 6.45) is 0. The molecule has 2 aromatic rings. The summed E-state index contributed by atoms with van der Waals surface area (Å²) < 4.78 is 0.736. The Kier molecular flexibility index (Phi) is 4.35. The monoisotopic (exact) mass is 331 g/mol. The SMILES string of the molecule is CC(=O)Nc1ccc(C)cc1C(=O)c1ccccc1Br. The highest BCUT2D eigenvalue weighted by Crippen LogP contribution is 2.25. The number of rotatable bonds is 3. The van der Waals surface area contributed by atoms with Crippen LogP contribution in [-0.4, -0.2) is 11.7 Å². The van der Waals surface area contributed by atoms with Gasteiger partial charge in [0.15, 0.2) is 5.78 Å². The Bertz CT molecular complexity index is 680. The third kappa shape index (κ3) is 3.14. The van der Waals surface area contributed by atoms with Crippen LogP contribution in [0.15, 0.2) is 46.9 Å². The minimum absolute atomic E-state index is 0.120. The summed E-state index contributed by atoms with van der Waals surface area (Å²) in [5.41, 5.74) is 2.56. The quantitative estimate of drug-likeness (QED) is 0.865. The van der Waals surface area contributed by atoms with Gasteiger partial charge in [0.25, 0.3) is 0 Å².